The number of hydrogen-bond donors (Lipinski definition) is 2. The van der Waals surface area contributed by atoms with Gasteiger partial charge in [0.1, 0.15) is 23.0 Å². The Hall–Kier alpha value is -1.73. The third-order valence-corrected chi connectivity index (χ3v) is 4.82. The standard InChI is InChI=1S/C15H21N5OS/c16-6-1-2-7-17-14(21)12-4-3-8-20(12)13-11-5-9-22-15(11)19-10-18-13/h5,9-10,12H,1-4,6-8,16H2,(H,17,21). The van der Waals surface area contributed by atoms with Crippen LogP contribution >= 0.6 is 11.3 Å². The fourth-order valence-corrected chi connectivity index (χ4v) is 3.62. The first-order valence-corrected chi connectivity index (χ1v) is 8.62. The SMILES string of the molecule is NCCCCNC(=O)C1CCCN1c1ncnc2sccc12. The topological polar surface area (TPSA) is 84.1 Å². The lowest BCUT2D eigenvalue weighted by atomic mass is 10.2. The molecule has 1 atom stereocenters. The van der Waals surface area contributed by atoms with Crippen molar-refractivity contribution < 1.29 is 4.79 Å². The lowest BCUT2D eigenvalue weighted by molar-refractivity contribution is -0.122. The number of anilines is 1. The normalized spacial score (nSPS) is 18.0. The first kappa shape index (κ1) is 15.2. The van der Waals surface area contributed by atoms with Crippen LogP contribution in [0.1, 0.15) is 25.7 Å². The summed E-state index contributed by atoms with van der Waals surface area (Å²) in [6.07, 6.45) is 5.34. The van der Waals surface area contributed by atoms with E-state index in [1.165, 1.54) is 0 Å². The lowest BCUT2D eigenvalue weighted by Gasteiger charge is -2.25. The molecule has 118 valence electrons. The number of thiophene rings is 1. The van der Waals surface area contributed by atoms with Gasteiger partial charge in [0.05, 0.1) is 5.39 Å². The molecule has 1 unspecified atom stereocenters. The fraction of sp³-hybridized carbons (Fsp3) is 0.533. The van der Waals surface area contributed by atoms with Gasteiger partial charge in [-0.1, -0.05) is 0 Å². The van der Waals surface area contributed by atoms with Crippen molar-refractivity contribution in [1.82, 2.24) is 15.3 Å². The van der Waals surface area contributed by atoms with Crippen molar-refractivity contribution in [2.75, 3.05) is 24.5 Å². The summed E-state index contributed by atoms with van der Waals surface area (Å²) in [5.41, 5.74) is 5.47. The Bertz CT molecular complexity index is 644. The Labute approximate surface area is 133 Å². The molecule has 1 saturated heterocycles. The number of rotatable bonds is 6. The third-order valence-electron chi connectivity index (χ3n) is 4.00. The smallest absolute Gasteiger partial charge is 0.242 e. The van der Waals surface area contributed by atoms with Crippen LogP contribution in [0.2, 0.25) is 0 Å². The summed E-state index contributed by atoms with van der Waals surface area (Å²) in [7, 11) is 0. The summed E-state index contributed by atoms with van der Waals surface area (Å²) in [6.45, 7) is 2.23. The quantitative estimate of drug-likeness (QED) is 0.789. The van der Waals surface area contributed by atoms with Crippen LogP contribution in [0.15, 0.2) is 17.8 Å². The number of nitrogens with one attached hydrogen (secondary N) is 1. The second kappa shape index (κ2) is 7.02. The number of amides is 1. The first-order valence-electron chi connectivity index (χ1n) is 7.74. The number of fused-ring (bicyclic) bond motifs is 1. The molecular formula is C15H21N5OS. The Morgan fingerprint density at radius 3 is 3.23 bits per heavy atom. The fourth-order valence-electron chi connectivity index (χ4n) is 2.90. The Balaban J connectivity index is 1.73. The average molecular weight is 319 g/mol. The zero-order valence-electron chi connectivity index (χ0n) is 12.5. The Morgan fingerprint density at radius 2 is 2.36 bits per heavy atom. The summed E-state index contributed by atoms with van der Waals surface area (Å²) in [4.78, 5) is 24.2. The van der Waals surface area contributed by atoms with Crippen molar-refractivity contribution in [1.29, 1.82) is 0 Å². The Kier molecular flexibility index (Phi) is 4.84. The van der Waals surface area contributed by atoms with Crippen LogP contribution in [-0.4, -0.2) is 41.6 Å². The van der Waals surface area contributed by atoms with Crippen molar-refractivity contribution in [3.63, 3.8) is 0 Å². The minimum absolute atomic E-state index is 0.0940. The van der Waals surface area contributed by atoms with Crippen LogP contribution < -0.4 is 16.0 Å². The van der Waals surface area contributed by atoms with Crippen LogP contribution in [0, 0.1) is 0 Å². The molecule has 1 aliphatic rings. The summed E-state index contributed by atoms with van der Waals surface area (Å²) in [6, 6.07) is 1.90. The maximum Gasteiger partial charge on any atom is 0.242 e. The van der Waals surface area contributed by atoms with E-state index in [2.05, 4.69) is 20.2 Å². The molecule has 3 rings (SSSR count). The van der Waals surface area contributed by atoms with E-state index in [-0.39, 0.29) is 11.9 Å². The van der Waals surface area contributed by atoms with E-state index in [4.69, 9.17) is 5.73 Å². The molecule has 6 nitrogen and oxygen atoms in total. The van der Waals surface area contributed by atoms with Crippen molar-refractivity contribution in [3.8, 4) is 0 Å². The molecule has 0 spiro atoms. The third kappa shape index (κ3) is 3.05. The maximum absolute atomic E-state index is 12.4. The van der Waals surface area contributed by atoms with Crippen LogP contribution in [0.25, 0.3) is 10.2 Å². The maximum atomic E-state index is 12.4. The molecule has 3 heterocycles. The number of nitrogens with two attached hydrogens (primary N) is 1. The number of hydrogen-bond acceptors (Lipinski definition) is 6. The molecule has 2 aromatic rings. The molecule has 7 heteroatoms. The van der Waals surface area contributed by atoms with E-state index in [1.807, 2.05) is 11.4 Å². The van der Waals surface area contributed by atoms with Crippen molar-refractivity contribution in [2.45, 2.75) is 31.7 Å². The Morgan fingerprint density at radius 1 is 1.45 bits per heavy atom. The summed E-state index contributed by atoms with van der Waals surface area (Å²) in [5.74, 6) is 0.974. The van der Waals surface area contributed by atoms with Crippen molar-refractivity contribution in [2.24, 2.45) is 5.73 Å². The van der Waals surface area contributed by atoms with Crippen molar-refractivity contribution >= 4 is 33.3 Å². The number of nitrogens with zero attached hydrogens (tertiary/aromatic N) is 3. The lowest BCUT2D eigenvalue weighted by Crippen LogP contribution is -2.44. The number of aromatic nitrogens is 2. The molecule has 0 saturated carbocycles. The highest BCUT2D eigenvalue weighted by Gasteiger charge is 2.32. The first-order chi connectivity index (χ1) is 10.8. The van der Waals surface area contributed by atoms with Gasteiger partial charge >= 0.3 is 0 Å². The zero-order chi connectivity index (χ0) is 15.4. The van der Waals surface area contributed by atoms with E-state index in [0.717, 1.165) is 48.3 Å². The number of carbonyl (C=O) groups excluding carboxylic acids is 1. The number of unbranched alkanes of at least 4 members (excludes halogenated alkanes) is 1. The van der Waals surface area contributed by atoms with Crippen LogP contribution in [0.5, 0.6) is 0 Å². The summed E-state index contributed by atoms with van der Waals surface area (Å²) >= 11 is 1.60. The zero-order valence-corrected chi connectivity index (χ0v) is 13.3. The van der Waals surface area contributed by atoms with E-state index in [0.29, 0.717) is 13.1 Å². The molecular weight excluding hydrogens is 298 g/mol. The van der Waals surface area contributed by atoms with Crippen LogP contribution in [0.4, 0.5) is 5.82 Å². The van der Waals surface area contributed by atoms with Gasteiger partial charge in [0.2, 0.25) is 5.91 Å². The molecule has 2 aromatic heterocycles. The highest BCUT2D eigenvalue weighted by molar-refractivity contribution is 7.16. The van der Waals surface area contributed by atoms with Gasteiger partial charge in [0.15, 0.2) is 0 Å². The second-order valence-corrected chi connectivity index (χ2v) is 6.37. The largest absolute Gasteiger partial charge is 0.354 e. The van der Waals surface area contributed by atoms with Crippen LogP contribution in [0.3, 0.4) is 0 Å². The summed E-state index contributed by atoms with van der Waals surface area (Å²) in [5, 5.41) is 6.08. The van der Waals surface area contributed by atoms with Gasteiger partial charge in [-0.25, -0.2) is 9.97 Å². The predicted octanol–water partition coefficient (Wildman–Crippen LogP) is 1.52. The molecule has 0 aliphatic carbocycles. The molecule has 22 heavy (non-hydrogen) atoms. The average Bonchev–Trinajstić information content (AvgIpc) is 3.19. The second-order valence-electron chi connectivity index (χ2n) is 5.47. The molecule has 0 bridgehead atoms. The molecule has 1 aliphatic heterocycles. The molecule has 1 fully saturated rings. The minimum atomic E-state index is -0.129. The highest BCUT2D eigenvalue weighted by Crippen LogP contribution is 2.31. The van der Waals surface area contributed by atoms with Gasteiger partial charge in [-0.05, 0) is 43.7 Å². The van der Waals surface area contributed by atoms with E-state index in [9.17, 15) is 4.79 Å². The van der Waals surface area contributed by atoms with Gasteiger partial charge < -0.3 is 16.0 Å². The monoisotopic (exact) mass is 319 g/mol. The molecule has 3 N–H and O–H groups in total. The molecule has 0 aromatic carbocycles. The van der Waals surface area contributed by atoms with Gasteiger partial charge in [-0.15, -0.1) is 11.3 Å². The highest BCUT2D eigenvalue weighted by atomic mass is 32.1. The number of carbonyl (C=O) groups is 1. The predicted molar refractivity (Wildman–Crippen MR) is 89.1 cm³/mol. The van der Waals surface area contributed by atoms with E-state index < -0.39 is 0 Å². The van der Waals surface area contributed by atoms with E-state index in [1.54, 1.807) is 17.7 Å². The van der Waals surface area contributed by atoms with Gasteiger partial charge in [0.25, 0.3) is 0 Å². The van der Waals surface area contributed by atoms with Crippen molar-refractivity contribution in [3.05, 3.63) is 17.8 Å². The molecule has 1 amide bonds. The summed E-state index contributed by atoms with van der Waals surface area (Å²) < 4.78 is 0. The van der Waals surface area contributed by atoms with E-state index >= 15 is 0 Å². The molecule has 0 radical (unpaired) electrons. The minimum Gasteiger partial charge on any atom is -0.354 e. The van der Waals surface area contributed by atoms with Gasteiger partial charge in [0, 0.05) is 13.1 Å². The van der Waals surface area contributed by atoms with Gasteiger partial charge in [-0.2, -0.15) is 0 Å². The van der Waals surface area contributed by atoms with Crippen LogP contribution in [-0.2, 0) is 4.79 Å². The van der Waals surface area contributed by atoms with Gasteiger partial charge in [-0.3, -0.25) is 4.79 Å².